The first-order valence-electron chi connectivity index (χ1n) is 8.51. The van der Waals surface area contributed by atoms with Gasteiger partial charge in [-0.3, -0.25) is 4.79 Å². The molecule has 2 rings (SSSR count). The highest BCUT2D eigenvalue weighted by Crippen LogP contribution is 2.49. The van der Waals surface area contributed by atoms with Gasteiger partial charge in [-0.05, 0) is 25.1 Å². The van der Waals surface area contributed by atoms with Crippen LogP contribution in [0.5, 0.6) is 5.75 Å². The molecule has 1 aromatic rings. The summed E-state index contributed by atoms with van der Waals surface area (Å²) in [6.07, 6.45) is -4.08. The van der Waals surface area contributed by atoms with Gasteiger partial charge >= 0.3 is 6.18 Å². The number of benzene rings is 1. The Hall–Kier alpha value is -1.51. The van der Waals surface area contributed by atoms with Crippen LogP contribution in [0, 0.1) is 5.41 Å². The lowest BCUT2D eigenvalue weighted by atomic mass is 9.54. The van der Waals surface area contributed by atoms with Gasteiger partial charge in [-0.2, -0.15) is 13.2 Å². The van der Waals surface area contributed by atoms with Crippen LogP contribution in [0.4, 0.5) is 13.2 Å². The van der Waals surface area contributed by atoms with Gasteiger partial charge in [0.1, 0.15) is 17.9 Å². The van der Waals surface area contributed by atoms with E-state index in [1.54, 1.807) is 0 Å². The number of halogens is 4. The van der Waals surface area contributed by atoms with Crippen LogP contribution in [0.1, 0.15) is 32.8 Å². The second-order valence-electron chi connectivity index (χ2n) is 6.97. The number of rotatable bonds is 7. The summed E-state index contributed by atoms with van der Waals surface area (Å²) in [6.45, 7) is 6.39. The summed E-state index contributed by atoms with van der Waals surface area (Å²) in [5.41, 5.74) is 3.92. The smallest absolute Gasteiger partial charge is 0.416 e. The molecule has 2 unspecified atom stereocenters. The number of ether oxygens (including phenoxy) is 2. The molecule has 1 aromatic carbocycles. The first-order valence-corrected chi connectivity index (χ1v) is 8.51. The van der Waals surface area contributed by atoms with Crippen molar-refractivity contribution in [1.82, 2.24) is 5.32 Å². The number of nitrogens with one attached hydrogen (secondary N) is 1. The lowest BCUT2D eigenvalue weighted by Crippen LogP contribution is -2.75. The molecule has 0 aromatic heterocycles. The van der Waals surface area contributed by atoms with Gasteiger partial charge in [-0.25, -0.2) is 0 Å². The Morgan fingerprint density at radius 1 is 1.37 bits per heavy atom. The van der Waals surface area contributed by atoms with E-state index in [1.807, 2.05) is 20.8 Å². The van der Waals surface area contributed by atoms with Crippen LogP contribution in [0.15, 0.2) is 24.3 Å². The molecule has 0 saturated heterocycles. The Labute approximate surface area is 163 Å². The maximum Gasteiger partial charge on any atom is 0.416 e. The van der Waals surface area contributed by atoms with Crippen LogP contribution in [-0.4, -0.2) is 37.3 Å². The van der Waals surface area contributed by atoms with Gasteiger partial charge in [0.25, 0.3) is 0 Å². The predicted molar refractivity (Wildman–Crippen MR) is 97.9 cm³/mol. The number of hydrogen-bond acceptors (Lipinski definition) is 4. The van der Waals surface area contributed by atoms with E-state index in [0.29, 0.717) is 13.0 Å². The minimum Gasteiger partial charge on any atom is -0.492 e. The molecule has 27 heavy (non-hydrogen) atoms. The van der Waals surface area contributed by atoms with E-state index in [0.717, 1.165) is 12.1 Å². The zero-order valence-corrected chi connectivity index (χ0v) is 16.4. The topological polar surface area (TPSA) is 73.6 Å². The third-order valence-corrected chi connectivity index (χ3v) is 5.05. The lowest BCUT2D eigenvalue weighted by molar-refractivity contribution is -0.170. The molecule has 0 heterocycles. The van der Waals surface area contributed by atoms with Crippen molar-refractivity contribution in [2.75, 3.05) is 19.8 Å². The quantitative estimate of drug-likeness (QED) is 0.677. The van der Waals surface area contributed by atoms with Crippen molar-refractivity contribution in [3.05, 3.63) is 29.8 Å². The molecule has 1 aliphatic rings. The Bertz CT molecular complexity index is 655. The van der Waals surface area contributed by atoms with Crippen molar-refractivity contribution in [1.29, 1.82) is 0 Å². The average Bonchev–Trinajstić information content (AvgIpc) is 2.57. The summed E-state index contributed by atoms with van der Waals surface area (Å²) in [4.78, 5) is 12.4. The summed E-state index contributed by atoms with van der Waals surface area (Å²) in [6, 6.07) is 4.60. The van der Waals surface area contributed by atoms with Gasteiger partial charge < -0.3 is 20.5 Å². The van der Waals surface area contributed by atoms with Crippen molar-refractivity contribution < 1.29 is 27.4 Å². The molecular formula is C18H26ClF3N2O3. The first-order chi connectivity index (χ1) is 12.0. The van der Waals surface area contributed by atoms with E-state index < -0.39 is 22.7 Å². The molecule has 1 saturated carbocycles. The van der Waals surface area contributed by atoms with Crippen LogP contribution >= 0.6 is 12.4 Å². The zero-order chi connectivity index (χ0) is 19.6. The monoisotopic (exact) mass is 410 g/mol. The zero-order valence-electron chi connectivity index (χ0n) is 15.6. The fraction of sp³-hybridized carbons (Fsp3) is 0.611. The van der Waals surface area contributed by atoms with E-state index in [9.17, 15) is 18.0 Å². The van der Waals surface area contributed by atoms with Crippen LogP contribution in [0.3, 0.4) is 0 Å². The molecule has 9 heteroatoms. The fourth-order valence-corrected chi connectivity index (χ4v) is 3.07. The molecule has 0 radical (unpaired) electrons. The van der Waals surface area contributed by atoms with Gasteiger partial charge in [0.2, 0.25) is 5.91 Å². The Morgan fingerprint density at radius 3 is 2.59 bits per heavy atom. The largest absolute Gasteiger partial charge is 0.492 e. The van der Waals surface area contributed by atoms with Crippen molar-refractivity contribution in [2.24, 2.45) is 11.1 Å². The summed E-state index contributed by atoms with van der Waals surface area (Å²) >= 11 is 0. The van der Waals surface area contributed by atoms with Gasteiger partial charge in [-0.15, -0.1) is 12.4 Å². The van der Waals surface area contributed by atoms with E-state index in [-0.39, 0.29) is 43.3 Å². The second-order valence-corrected chi connectivity index (χ2v) is 6.97. The minimum absolute atomic E-state index is 0. The van der Waals surface area contributed by atoms with Gasteiger partial charge in [-0.1, -0.05) is 19.9 Å². The highest BCUT2D eigenvalue weighted by Gasteiger charge is 2.62. The van der Waals surface area contributed by atoms with Gasteiger partial charge in [0, 0.05) is 18.4 Å². The SMILES string of the molecule is CCOC1CC(N)(C(=O)NCCOc2cccc(C(F)(F)F)c2)C1(C)C.Cl. The van der Waals surface area contributed by atoms with Crippen molar-refractivity contribution in [3.63, 3.8) is 0 Å². The summed E-state index contributed by atoms with van der Waals surface area (Å²) < 4.78 is 48.9. The van der Waals surface area contributed by atoms with Crippen LogP contribution in [-0.2, 0) is 15.7 Å². The van der Waals surface area contributed by atoms with Crippen molar-refractivity contribution in [2.45, 2.75) is 45.0 Å². The molecule has 1 amide bonds. The summed E-state index contributed by atoms with van der Waals surface area (Å²) in [7, 11) is 0. The summed E-state index contributed by atoms with van der Waals surface area (Å²) in [5.74, 6) is -0.219. The maximum absolute atomic E-state index is 12.7. The minimum atomic E-state index is -4.42. The van der Waals surface area contributed by atoms with Gasteiger partial charge in [0.15, 0.2) is 0 Å². The third kappa shape index (κ3) is 4.86. The van der Waals surface area contributed by atoms with Crippen LogP contribution in [0.2, 0.25) is 0 Å². The number of amides is 1. The van der Waals surface area contributed by atoms with Crippen molar-refractivity contribution in [3.8, 4) is 5.75 Å². The standard InChI is InChI=1S/C18H25F3N2O3.ClH/c1-4-25-14-11-17(22,16(14,2)3)15(24)23-8-9-26-13-7-5-6-12(10-13)18(19,20)21;/h5-7,10,14H,4,8-9,11,22H2,1-3H3,(H,23,24);1H. The molecule has 0 spiro atoms. The molecule has 1 fully saturated rings. The first kappa shape index (κ1) is 23.5. The maximum atomic E-state index is 12.7. The number of carbonyl (C=O) groups excluding carboxylic acids is 1. The normalized spacial score (nSPS) is 23.7. The fourth-order valence-electron chi connectivity index (χ4n) is 3.07. The van der Waals surface area contributed by atoms with Crippen molar-refractivity contribution >= 4 is 18.3 Å². The molecule has 5 nitrogen and oxygen atoms in total. The predicted octanol–water partition coefficient (Wildman–Crippen LogP) is 3.15. The molecule has 1 aliphatic carbocycles. The van der Waals surface area contributed by atoms with E-state index in [1.165, 1.54) is 12.1 Å². The molecule has 2 atom stereocenters. The highest BCUT2D eigenvalue weighted by molar-refractivity contribution is 5.88. The Balaban J connectivity index is 0.00000364. The average molecular weight is 411 g/mol. The molecule has 3 N–H and O–H groups in total. The molecule has 154 valence electrons. The second kappa shape index (κ2) is 8.67. The highest BCUT2D eigenvalue weighted by atomic mass is 35.5. The molecular weight excluding hydrogens is 385 g/mol. The number of alkyl halides is 3. The van der Waals surface area contributed by atoms with E-state index in [2.05, 4.69) is 5.32 Å². The number of carbonyl (C=O) groups is 1. The Morgan fingerprint density at radius 2 is 2.04 bits per heavy atom. The lowest BCUT2D eigenvalue weighted by Gasteiger charge is -2.57. The number of nitrogens with two attached hydrogens (primary N) is 1. The van der Waals surface area contributed by atoms with Crippen LogP contribution < -0.4 is 15.8 Å². The van der Waals surface area contributed by atoms with Crippen LogP contribution in [0.25, 0.3) is 0 Å². The Kier molecular flexibility index (Phi) is 7.55. The van der Waals surface area contributed by atoms with Gasteiger partial charge in [0.05, 0.1) is 18.2 Å². The third-order valence-electron chi connectivity index (χ3n) is 5.05. The molecule has 0 bridgehead atoms. The van der Waals surface area contributed by atoms with E-state index in [4.69, 9.17) is 15.2 Å². The van der Waals surface area contributed by atoms with E-state index >= 15 is 0 Å². The summed E-state index contributed by atoms with van der Waals surface area (Å²) in [5, 5.41) is 2.69. The number of hydrogen-bond donors (Lipinski definition) is 2. The molecule has 0 aliphatic heterocycles.